The van der Waals surface area contributed by atoms with E-state index in [1.54, 1.807) is 17.2 Å². The standard InChI is InChI=1S/C15H18N4O/c1-18(15(20)13-4-2-3-6-16-13)11-12-5-8-19-9-7-17-14(19)10-12/h2-4,6-7,9,12H,5,8,10-11H2,1H3/t12-/m1/s1. The van der Waals surface area contributed by atoms with E-state index in [0.717, 1.165) is 31.8 Å². The Kier molecular flexibility index (Phi) is 3.50. The van der Waals surface area contributed by atoms with E-state index in [-0.39, 0.29) is 5.91 Å². The maximum atomic E-state index is 12.3. The van der Waals surface area contributed by atoms with Crippen LogP contribution in [0.5, 0.6) is 0 Å². The molecule has 2 aromatic rings. The molecule has 1 atom stereocenters. The van der Waals surface area contributed by atoms with Crippen LogP contribution in [0.1, 0.15) is 22.7 Å². The fourth-order valence-corrected chi connectivity index (χ4v) is 2.73. The Bertz CT molecular complexity index is 593. The zero-order chi connectivity index (χ0) is 13.9. The molecule has 0 spiro atoms. The van der Waals surface area contributed by atoms with Crippen LogP contribution in [0.3, 0.4) is 0 Å². The molecule has 0 saturated heterocycles. The fourth-order valence-electron chi connectivity index (χ4n) is 2.73. The number of hydrogen-bond acceptors (Lipinski definition) is 3. The van der Waals surface area contributed by atoms with Crippen molar-refractivity contribution >= 4 is 5.91 Å². The highest BCUT2D eigenvalue weighted by Crippen LogP contribution is 2.20. The summed E-state index contributed by atoms with van der Waals surface area (Å²) in [4.78, 5) is 22.5. The smallest absolute Gasteiger partial charge is 0.272 e. The third-order valence-corrected chi connectivity index (χ3v) is 3.81. The van der Waals surface area contributed by atoms with Crippen molar-refractivity contribution in [3.63, 3.8) is 0 Å². The minimum Gasteiger partial charge on any atom is -0.340 e. The van der Waals surface area contributed by atoms with Gasteiger partial charge in [0.15, 0.2) is 0 Å². The molecule has 104 valence electrons. The van der Waals surface area contributed by atoms with Crippen molar-refractivity contribution in [3.05, 3.63) is 48.3 Å². The van der Waals surface area contributed by atoms with Gasteiger partial charge >= 0.3 is 0 Å². The number of nitrogens with zero attached hydrogens (tertiary/aromatic N) is 4. The van der Waals surface area contributed by atoms with Crippen LogP contribution in [0.2, 0.25) is 0 Å². The molecule has 0 bridgehead atoms. The number of aryl methyl sites for hydroxylation is 1. The molecular weight excluding hydrogens is 252 g/mol. The van der Waals surface area contributed by atoms with Crippen LogP contribution in [-0.4, -0.2) is 38.9 Å². The molecule has 0 unspecified atom stereocenters. The third-order valence-electron chi connectivity index (χ3n) is 3.81. The van der Waals surface area contributed by atoms with E-state index in [9.17, 15) is 4.79 Å². The fraction of sp³-hybridized carbons (Fsp3) is 0.400. The lowest BCUT2D eigenvalue weighted by Gasteiger charge is -2.27. The highest BCUT2D eigenvalue weighted by atomic mass is 16.2. The summed E-state index contributed by atoms with van der Waals surface area (Å²) in [7, 11) is 1.85. The van der Waals surface area contributed by atoms with Crippen molar-refractivity contribution in [2.75, 3.05) is 13.6 Å². The third kappa shape index (κ3) is 2.57. The van der Waals surface area contributed by atoms with Gasteiger partial charge in [-0.15, -0.1) is 0 Å². The van der Waals surface area contributed by atoms with Crippen molar-refractivity contribution in [1.29, 1.82) is 0 Å². The largest absolute Gasteiger partial charge is 0.340 e. The summed E-state index contributed by atoms with van der Waals surface area (Å²) in [5.41, 5.74) is 0.507. The van der Waals surface area contributed by atoms with E-state index in [4.69, 9.17) is 0 Å². The Morgan fingerprint density at radius 2 is 2.30 bits per heavy atom. The number of rotatable bonds is 3. The lowest BCUT2D eigenvalue weighted by molar-refractivity contribution is 0.0758. The van der Waals surface area contributed by atoms with Crippen LogP contribution >= 0.6 is 0 Å². The molecule has 3 heterocycles. The summed E-state index contributed by atoms with van der Waals surface area (Å²) >= 11 is 0. The zero-order valence-electron chi connectivity index (χ0n) is 11.6. The van der Waals surface area contributed by atoms with Gasteiger partial charge in [0.25, 0.3) is 5.91 Å². The first-order valence-corrected chi connectivity index (χ1v) is 6.90. The number of carbonyl (C=O) groups is 1. The monoisotopic (exact) mass is 270 g/mol. The van der Waals surface area contributed by atoms with Crippen molar-refractivity contribution in [2.24, 2.45) is 5.92 Å². The van der Waals surface area contributed by atoms with Crippen LogP contribution in [0, 0.1) is 5.92 Å². The van der Waals surface area contributed by atoms with Crippen LogP contribution < -0.4 is 0 Å². The van der Waals surface area contributed by atoms with Crippen molar-refractivity contribution in [2.45, 2.75) is 19.4 Å². The van der Waals surface area contributed by atoms with Gasteiger partial charge in [-0.25, -0.2) is 4.98 Å². The second-order valence-corrected chi connectivity index (χ2v) is 5.30. The summed E-state index contributed by atoms with van der Waals surface area (Å²) in [6.07, 6.45) is 7.54. The number of pyridine rings is 1. The molecule has 1 aliphatic heterocycles. The molecule has 0 saturated carbocycles. The van der Waals surface area contributed by atoms with Gasteiger partial charge in [-0.3, -0.25) is 9.78 Å². The number of fused-ring (bicyclic) bond motifs is 1. The van der Waals surface area contributed by atoms with E-state index in [0.29, 0.717) is 11.6 Å². The first kappa shape index (κ1) is 12.8. The number of imidazole rings is 1. The topological polar surface area (TPSA) is 51.0 Å². The molecule has 0 fully saturated rings. The summed E-state index contributed by atoms with van der Waals surface area (Å²) in [5.74, 6) is 1.59. The SMILES string of the molecule is CN(C[C@@H]1CCn2ccnc2C1)C(=O)c1ccccn1. The molecule has 0 radical (unpaired) electrons. The van der Waals surface area contributed by atoms with Gasteiger partial charge in [0.1, 0.15) is 11.5 Å². The van der Waals surface area contributed by atoms with Crippen molar-refractivity contribution < 1.29 is 4.79 Å². The average Bonchev–Trinajstić information content (AvgIpc) is 2.95. The lowest BCUT2D eigenvalue weighted by Crippen LogP contribution is -2.35. The van der Waals surface area contributed by atoms with Gasteiger partial charge in [-0.2, -0.15) is 0 Å². The predicted molar refractivity (Wildman–Crippen MR) is 75.2 cm³/mol. The Hall–Kier alpha value is -2.17. The molecule has 5 heteroatoms. The molecule has 3 rings (SSSR count). The van der Waals surface area contributed by atoms with Crippen LogP contribution in [0.25, 0.3) is 0 Å². The van der Waals surface area contributed by atoms with Gasteiger partial charge in [0, 0.05) is 45.1 Å². The predicted octanol–water partition coefficient (Wildman–Crippen LogP) is 1.61. The quantitative estimate of drug-likeness (QED) is 0.851. The number of aromatic nitrogens is 3. The average molecular weight is 270 g/mol. The van der Waals surface area contributed by atoms with Gasteiger partial charge < -0.3 is 9.47 Å². The molecule has 0 aliphatic carbocycles. The summed E-state index contributed by atoms with van der Waals surface area (Å²) < 4.78 is 2.19. The van der Waals surface area contributed by atoms with Gasteiger partial charge in [0.05, 0.1) is 0 Å². The van der Waals surface area contributed by atoms with E-state index in [1.807, 2.05) is 31.6 Å². The Balaban J connectivity index is 1.63. The summed E-state index contributed by atoms with van der Waals surface area (Å²) in [6, 6.07) is 5.41. The van der Waals surface area contributed by atoms with Gasteiger partial charge in [-0.1, -0.05) is 6.07 Å². The minimum atomic E-state index is -0.0143. The molecule has 1 aliphatic rings. The normalized spacial score (nSPS) is 17.6. The molecule has 5 nitrogen and oxygen atoms in total. The Morgan fingerprint density at radius 3 is 3.10 bits per heavy atom. The van der Waals surface area contributed by atoms with Crippen LogP contribution in [-0.2, 0) is 13.0 Å². The van der Waals surface area contributed by atoms with Crippen molar-refractivity contribution in [1.82, 2.24) is 19.4 Å². The first-order chi connectivity index (χ1) is 9.74. The van der Waals surface area contributed by atoms with Gasteiger partial charge in [-0.05, 0) is 24.5 Å². The molecule has 0 aromatic carbocycles. The van der Waals surface area contributed by atoms with E-state index in [2.05, 4.69) is 14.5 Å². The number of hydrogen-bond donors (Lipinski definition) is 0. The molecule has 1 amide bonds. The van der Waals surface area contributed by atoms with Crippen molar-refractivity contribution in [3.8, 4) is 0 Å². The number of amides is 1. The van der Waals surface area contributed by atoms with E-state index < -0.39 is 0 Å². The zero-order valence-corrected chi connectivity index (χ0v) is 11.6. The van der Waals surface area contributed by atoms with Crippen LogP contribution in [0.15, 0.2) is 36.8 Å². The van der Waals surface area contributed by atoms with Crippen LogP contribution in [0.4, 0.5) is 0 Å². The second kappa shape index (κ2) is 5.45. The Labute approximate surface area is 118 Å². The lowest BCUT2D eigenvalue weighted by atomic mass is 9.97. The highest BCUT2D eigenvalue weighted by Gasteiger charge is 2.22. The highest BCUT2D eigenvalue weighted by molar-refractivity contribution is 5.92. The number of carbonyl (C=O) groups excluding carboxylic acids is 1. The molecular formula is C15H18N4O. The van der Waals surface area contributed by atoms with E-state index >= 15 is 0 Å². The van der Waals surface area contributed by atoms with E-state index in [1.165, 1.54) is 0 Å². The summed E-state index contributed by atoms with van der Waals surface area (Å²) in [5, 5.41) is 0. The minimum absolute atomic E-state index is 0.0143. The summed E-state index contributed by atoms with van der Waals surface area (Å²) in [6.45, 7) is 1.74. The molecule has 20 heavy (non-hydrogen) atoms. The Morgan fingerprint density at radius 1 is 1.40 bits per heavy atom. The maximum Gasteiger partial charge on any atom is 0.272 e. The first-order valence-electron chi connectivity index (χ1n) is 6.90. The second-order valence-electron chi connectivity index (χ2n) is 5.30. The molecule has 2 aromatic heterocycles. The van der Waals surface area contributed by atoms with Gasteiger partial charge in [0.2, 0.25) is 0 Å². The maximum absolute atomic E-state index is 12.3. The molecule has 0 N–H and O–H groups in total.